The van der Waals surface area contributed by atoms with Crippen molar-refractivity contribution in [2.75, 3.05) is 6.61 Å². The number of hydrogen-bond acceptors (Lipinski definition) is 3. The predicted octanol–water partition coefficient (Wildman–Crippen LogP) is 1.97. The number of aliphatic hydroxyl groups is 1. The van der Waals surface area contributed by atoms with Crippen LogP contribution in [0.4, 0.5) is 0 Å². The van der Waals surface area contributed by atoms with Crippen LogP contribution >= 0.6 is 27.5 Å². The van der Waals surface area contributed by atoms with E-state index in [0.29, 0.717) is 15.1 Å². The summed E-state index contributed by atoms with van der Waals surface area (Å²) in [7, 11) is 0. The normalized spacial score (nSPS) is 15.2. The third-order valence-corrected chi connectivity index (χ3v) is 2.79. The number of halogens is 2. The Kier molecular flexibility index (Phi) is 3.42. The molecule has 0 aliphatic heterocycles. The van der Waals surface area contributed by atoms with Crippen molar-refractivity contribution >= 4 is 27.5 Å². The minimum atomic E-state index is -1.00. The van der Waals surface area contributed by atoms with Gasteiger partial charge in [-0.05, 0) is 35.0 Å². The Labute approximate surface area is 95.6 Å². The van der Waals surface area contributed by atoms with Crippen molar-refractivity contribution in [2.45, 2.75) is 12.5 Å². The standard InChI is InChI=1S/C9H11BrClNO2/c1-9(12,4-13)6-2-5(11)3-7(10)8(6)14/h2-3,13-14H,4,12H2,1H3/t9-/m1/s1. The summed E-state index contributed by atoms with van der Waals surface area (Å²) in [5.41, 5.74) is 5.20. The van der Waals surface area contributed by atoms with Gasteiger partial charge in [-0.15, -0.1) is 0 Å². The highest BCUT2D eigenvalue weighted by Gasteiger charge is 2.25. The Hall–Kier alpha value is -0.290. The number of aliphatic hydroxyl groups excluding tert-OH is 1. The first-order valence-electron chi connectivity index (χ1n) is 3.96. The fourth-order valence-electron chi connectivity index (χ4n) is 1.09. The Morgan fingerprint density at radius 2 is 2.14 bits per heavy atom. The van der Waals surface area contributed by atoms with Crippen LogP contribution in [0.1, 0.15) is 12.5 Å². The maximum atomic E-state index is 9.69. The van der Waals surface area contributed by atoms with Crippen LogP contribution in [0.25, 0.3) is 0 Å². The maximum Gasteiger partial charge on any atom is 0.134 e. The molecule has 0 amide bonds. The summed E-state index contributed by atoms with van der Waals surface area (Å²) in [5.74, 6) is 0.00782. The van der Waals surface area contributed by atoms with Gasteiger partial charge >= 0.3 is 0 Å². The van der Waals surface area contributed by atoms with Crippen LogP contribution in [0.3, 0.4) is 0 Å². The zero-order chi connectivity index (χ0) is 10.9. The molecule has 0 heterocycles. The minimum absolute atomic E-state index is 0.00782. The molecule has 0 aliphatic carbocycles. The zero-order valence-corrected chi connectivity index (χ0v) is 9.93. The summed E-state index contributed by atoms with van der Waals surface area (Å²) >= 11 is 8.95. The summed E-state index contributed by atoms with van der Waals surface area (Å²) in [6.45, 7) is 1.35. The molecule has 1 aromatic carbocycles. The number of phenols is 1. The number of nitrogens with two attached hydrogens (primary N) is 1. The first-order valence-corrected chi connectivity index (χ1v) is 5.14. The molecule has 0 bridgehead atoms. The maximum absolute atomic E-state index is 9.69. The number of hydrogen-bond donors (Lipinski definition) is 3. The van der Waals surface area contributed by atoms with Crippen molar-refractivity contribution in [1.82, 2.24) is 0 Å². The second-order valence-corrected chi connectivity index (χ2v) is 4.65. The van der Waals surface area contributed by atoms with E-state index < -0.39 is 5.54 Å². The molecule has 0 fully saturated rings. The molecule has 78 valence electrons. The van der Waals surface area contributed by atoms with Gasteiger partial charge in [-0.25, -0.2) is 0 Å². The molecule has 1 rings (SSSR count). The van der Waals surface area contributed by atoms with E-state index >= 15 is 0 Å². The van der Waals surface area contributed by atoms with E-state index in [4.69, 9.17) is 22.4 Å². The molecule has 0 unspecified atom stereocenters. The lowest BCUT2D eigenvalue weighted by Crippen LogP contribution is -2.37. The molecule has 0 aliphatic rings. The third-order valence-electron chi connectivity index (χ3n) is 1.97. The second-order valence-electron chi connectivity index (χ2n) is 3.36. The van der Waals surface area contributed by atoms with Gasteiger partial charge in [0, 0.05) is 10.6 Å². The van der Waals surface area contributed by atoms with Crippen LogP contribution in [-0.2, 0) is 5.54 Å². The van der Waals surface area contributed by atoms with Gasteiger partial charge in [-0.2, -0.15) is 0 Å². The molecular weight excluding hydrogens is 269 g/mol. The van der Waals surface area contributed by atoms with Crippen LogP contribution in [0, 0.1) is 0 Å². The predicted molar refractivity (Wildman–Crippen MR) is 59.4 cm³/mol. The van der Waals surface area contributed by atoms with Gasteiger partial charge in [0.05, 0.1) is 16.6 Å². The lowest BCUT2D eigenvalue weighted by Gasteiger charge is -2.24. The smallest absolute Gasteiger partial charge is 0.134 e. The molecule has 1 atom stereocenters. The Morgan fingerprint density at radius 1 is 1.57 bits per heavy atom. The third kappa shape index (κ3) is 2.20. The monoisotopic (exact) mass is 279 g/mol. The van der Waals surface area contributed by atoms with Crippen molar-refractivity contribution < 1.29 is 10.2 Å². The van der Waals surface area contributed by atoms with Gasteiger partial charge in [0.2, 0.25) is 0 Å². The van der Waals surface area contributed by atoms with Gasteiger partial charge in [0.25, 0.3) is 0 Å². The van der Waals surface area contributed by atoms with Gasteiger partial charge in [-0.3, -0.25) is 0 Å². The Balaban J connectivity index is 3.34. The van der Waals surface area contributed by atoms with E-state index in [2.05, 4.69) is 15.9 Å². The van der Waals surface area contributed by atoms with Gasteiger partial charge < -0.3 is 15.9 Å². The molecule has 0 aromatic heterocycles. The highest BCUT2D eigenvalue weighted by atomic mass is 79.9. The van der Waals surface area contributed by atoms with Crippen LogP contribution in [-0.4, -0.2) is 16.8 Å². The Morgan fingerprint density at radius 3 is 2.64 bits per heavy atom. The van der Waals surface area contributed by atoms with E-state index in [-0.39, 0.29) is 12.4 Å². The van der Waals surface area contributed by atoms with E-state index in [1.807, 2.05) is 0 Å². The lowest BCUT2D eigenvalue weighted by molar-refractivity contribution is 0.207. The Bertz CT molecular complexity index is 355. The average Bonchev–Trinajstić information content (AvgIpc) is 2.11. The molecular formula is C9H11BrClNO2. The fourth-order valence-corrected chi connectivity index (χ4v) is 1.90. The first kappa shape index (κ1) is 11.8. The van der Waals surface area contributed by atoms with Crippen molar-refractivity contribution in [2.24, 2.45) is 5.73 Å². The lowest BCUT2D eigenvalue weighted by atomic mass is 9.93. The van der Waals surface area contributed by atoms with Crippen LogP contribution in [0.15, 0.2) is 16.6 Å². The molecule has 1 aromatic rings. The highest BCUT2D eigenvalue weighted by molar-refractivity contribution is 9.10. The quantitative estimate of drug-likeness (QED) is 0.776. The molecule has 5 heteroatoms. The highest BCUT2D eigenvalue weighted by Crippen LogP contribution is 2.36. The summed E-state index contributed by atoms with van der Waals surface area (Å²) in [6, 6.07) is 3.10. The summed E-state index contributed by atoms with van der Waals surface area (Å²) in [5, 5.41) is 19.2. The largest absolute Gasteiger partial charge is 0.506 e. The second kappa shape index (κ2) is 4.06. The topological polar surface area (TPSA) is 66.5 Å². The number of aromatic hydroxyl groups is 1. The van der Waals surface area contributed by atoms with Gasteiger partial charge in [0.1, 0.15) is 5.75 Å². The molecule has 4 N–H and O–H groups in total. The van der Waals surface area contributed by atoms with Crippen molar-refractivity contribution in [3.8, 4) is 5.75 Å². The first-order chi connectivity index (χ1) is 6.38. The van der Waals surface area contributed by atoms with Gasteiger partial charge in [-0.1, -0.05) is 11.6 Å². The van der Waals surface area contributed by atoms with E-state index in [1.54, 1.807) is 13.0 Å². The summed E-state index contributed by atoms with van der Waals surface area (Å²) < 4.78 is 0.463. The van der Waals surface area contributed by atoms with E-state index in [1.165, 1.54) is 6.07 Å². The molecule has 0 spiro atoms. The summed E-state index contributed by atoms with van der Waals surface area (Å²) in [6.07, 6.45) is 0. The number of phenolic OH excluding ortho intramolecular Hbond substituents is 1. The zero-order valence-electron chi connectivity index (χ0n) is 7.59. The average molecular weight is 281 g/mol. The number of benzene rings is 1. The molecule has 0 radical (unpaired) electrons. The van der Waals surface area contributed by atoms with Crippen molar-refractivity contribution in [3.63, 3.8) is 0 Å². The van der Waals surface area contributed by atoms with Crippen molar-refractivity contribution in [3.05, 3.63) is 27.2 Å². The SMILES string of the molecule is C[C@@](N)(CO)c1cc(Cl)cc(Br)c1O. The fraction of sp³-hybridized carbons (Fsp3) is 0.333. The summed E-state index contributed by atoms with van der Waals surface area (Å²) in [4.78, 5) is 0. The molecule has 0 saturated heterocycles. The molecule has 0 saturated carbocycles. The van der Waals surface area contributed by atoms with Crippen LogP contribution in [0.2, 0.25) is 5.02 Å². The van der Waals surface area contributed by atoms with E-state index in [9.17, 15) is 5.11 Å². The number of rotatable bonds is 2. The minimum Gasteiger partial charge on any atom is -0.506 e. The molecule has 14 heavy (non-hydrogen) atoms. The van der Waals surface area contributed by atoms with Crippen LogP contribution in [0.5, 0.6) is 5.75 Å². The van der Waals surface area contributed by atoms with Gasteiger partial charge in [0.15, 0.2) is 0 Å². The van der Waals surface area contributed by atoms with Crippen molar-refractivity contribution in [1.29, 1.82) is 0 Å². The molecule has 3 nitrogen and oxygen atoms in total. The van der Waals surface area contributed by atoms with Crippen LogP contribution < -0.4 is 5.73 Å². The van der Waals surface area contributed by atoms with E-state index in [0.717, 1.165) is 0 Å².